The van der Waals surface area contributed by atoms with E-state index in [4.69, 9.17) is 0 Å². The number of aryl methyl sites for hydroxylation is 2. The topological polar surface area (TPSA) is 62.3 Å². The van der Waals surface area contributed by atoms with Crippen LogP contribution in [0.3, 0.4) is 0 Å². The summed E-state index contributed by atoms with van der Waals surface area (Å²) in [5.41, 5.74) is 1.75. The zero-order chi connectivity index (χ0) is 21.3. The van der Waals surface area contributed by atoms with Crippen LogP contribution in [0.4, 0.5) is 4.39 Å². The highest BCUT2D eigenvalue weighted by atomic mass is 32.2. The van der Waals surface area contributed by atoms with Crippen molar-refractivity contribution in [2.24, 2.45) is 5.41 Å². The molecule has 0 amide bonds. The maximum Gasteiger partial charge on any atom is 0.208 e. The van der Waals surface area contributed by atoms with Crippen molar-refractivity contribution in [1.82, 2.24) is 14.6 Å². The lowest BCUT2D eigenvalue weighted by Crippen LogP contribution is -2.44. The average Bonchev–Trinajstić information content (AvgIpc) is 3.26. The van der Waals surface area contributed by atoms with Gasteiger partial charge in [-0.1, -0.05) is 6.07 Å². The quantitative estimate of drug-likeness (QED) is 0.681. The molecule has 0 aliphatic carbocycles. The number of nitrogens with zero attached hydrogens (tertiary/aromatic N) is 2. The number of thiophene rings is 1. The summed E-state index contributed by atoms with van der Waals surface area (Å²) in [6.45, 7) is 8.41. The van der Waals surface area contributed by atoms with Gasteiger partial charge in [0, 0.05) is 35.4 Å². The largest absolute Gasteiger partial charge is 0.293 e. The third-order valence-electron chi connectivity index (χ3n) is 6.09. The van der Waals surface area contributed by atoms with Gasteiger partial charge >= 0.3 is 0 Å². The molecule has 0 bridgehead atoms. The molecule has 29 heavy (non-hydrogen) atoms. The molecule has 2 aromatic heterocycles. The Morgan fingerprint density at radius 3 is 2.66 bits per heavy atom. The molecule has 160 valence electrons. The van der Waals surface area contributed by atoms with Crippen LogP contribution in [0, 0.1) is 17.5 Å². The molecule has 0 saturated carbocycles. The Bertz CT molecular complexity index is 941. The molecule has 1 aliphatic rings. The van der Waals surface area contributed by atoms with Gasteiger partial charge < -0.3 is 0 Å². The second-order valence-corrected chi connectivity index (χ2v) is 11.7. The molecule has 8 heteroatoms. The summed E-state index contributed by atoms with van der Waals surface area (Å²) in [5.74, 6) is 0. The number of hydrogen-bond acceptors (Lipinski definition) is 5. The van der Waals surface area contributed by atoms with Gasteiger partial charge in [-0.2, -0.15) is 4.39 Å². The molecule has 1 saturated heterocycles. The van der Waals surface area contributed by atoms with Crippen LogP contribution in [-0.4, -0.2) is 44.2 Å². The Kier molecular flexibility index (Phi) is 6.48. The number of halogens is 1. The normalized spacial score (nSPS) is 21.0. The maximum absolute atomic E-state index is 13.4. The fourth-order valence-electron chi connectivity index (χ4n) is 4.02. The van der Waals surface area contributed by atoms with Crippen LogP contribution in [0.15, 0.2) is 30.5 Å². The van der Waals surface area contributed by atoms with Crippen molar-refractivity contribution in [3.05, 3.63) is 51.7 Å². The fraction of sp³-hybridized carbons (Fsp3) is 0.571. The van der Waals surface area contributed by atoms with E-state index in [1.165, 1.54) is 23.7 Å². The second-order valence-electron chi connectivity index (χ2n) is 8.72. The van der Waals surface area contributed by atoms with Crippen LogP contribution in [0.1, 0.15) is 42.8 Å². The minimum Gasteiger partial charge on any atom is -0.293 e. The summed E-state index contributed by atoms with van der Waals surface area (Å²) in [5, 5.41) is -0.177. The smallest absolute Gasteiger partial charge is 0.208 e. The van der Waals surface area contributed by atoms with Crippen molar-refractivity contribution in [2.45, 2.75) is 45.6 Å². The van der Waals surface area contributed by atoms with Crippen LogP contribution in [0.2, 0.25) is 0 Å². The van der Waals surface area contributed by atoms with E-state index < -0.39 is 10.0 Å². The number of pyridine rings is 1. The summed E-state index contributed by atoms with van der Waals surface area (Å²) in [6.07, 6.45) is 5.59. The van der Waals surface area contributed by atoms with Crippen molar-refractivity contribution in [3.63, 3.8) is 0 Å². The molecule has 1 N–H and O–H groups in total. The molecule has 3 rings (SSSR count). The van der Waals surface area contributed by atoms with Crippen LogP contribution < -0.4 is 4.72 Å². The van der Waals surface area contributed by atoms with Crippen LogP contribution in [0.25, 0.3) is 0 Å². The summed E-state index contributed by atoms with van der Waals surface area (Å²) in [4.78, 5) is 7.86. The molecular formula is C21H30FN3O2S2. The second kappa shape index (κ2) is 8.41. The summed E-state index contributed by atoms with van der Waals surface area (Å²) >= 11 is 1.17. The Labute approximate surface area is 177 Å². The van der Waals surface area contributed by atoms with E-state index in [0.717, 1.165) is 48.5 Å². The Hall–Kier alpha value is -1.35. The van der Waals surface area contributed by atoms with Gasteiger partial charge in [-0.25, -0.2) is 13.1 Å². The standard InChI is InChI=1S/C21H30FN3O2S2/c1-16-5-6-17(13-23-16)20(2,3)25-12-11-21(15-25,14-24-29(4,26)27)10-9-18-7-8-19(22)28-18/h5-8,13,24H,9-12,14-15H2,1-4H3/t21-/m0/s1. The first-order valence-electron chi connectivity index (χ1n) is 9.86. The van der Waals surface area contributed by atoms with E-state index in [0.29, 0.717) is 6.54 Å². The predicted octanol–water partition coefficient (Wildman–Crippen LogP) is 3.70. The van der Waals surface area contributed by atoms with Crippen molar-refractivity contribution in [2.75, 3.05) is 25.9 Å². The van der Waals surface area contributed by atoms with Crippen molar-refractivity contribution in [3.8, 4) is 0 Å². The zero-order valence-corrected chi connectivity index (χ0v) is 19.2. The van der Waals surface area contributed by atoms with Crippen molar-refractivity contribution >= 4 is 21.4 Å². The minimum absolute atomic E-state index is 0.177. The van der Waals surface area contributed by atoms with Gasteiger partial charge in [0.05, 0.1) is 6.26 Å². The molecule has 0 aromatic carbocycles. The van der Waals surface area contributed by atoms with Gasteiger partial charge in [0.15, 0.2) is 5.13 Å². The number of likely N-dealkylation sites (tertiary alicyclic amines) is 1. The van der Waals surface area contributed by atoms with E-state index in [-0.39, 0.29) is 16.1 Å². The molecule has 1 fully saturated rings. The van der Waals surface area contributed by atoms with Gasteiger partial charge in [0.2, 0.25) is 10.0 Å². The Morgan fingerprint density at radius 1 is 1.31 bits per heavy atom. The molecule has 0 spiro atoms. The van der Waals surface area contributed by atoms with E-state index in [2.05, 4.69) is 34.5 Å². The highest BCUT2D eigenvalue weighted by Crippen LogP contribution is 2.41. The monoisotopic (exact) mass is 439 g/mol. The minimum atomic E-state index is -3.27. The van der Waals surface area contributed by atoms with Gasteiger partial charge in [-0.15, -0.1) is 11.3 Å². The summed E-state index contributed by atoms with van der Waals surface area (Å²) < 4.78 is 39.6. The van der Waals surface area contributed by atoms with Gasteiger partial charge in [0.25, 0.3) is 0 Å². The first-order chi connectivity index (χ1) is 13.5. The lowest BCUT2D eigenvalue weighted by molar-refractivity contribution is 0.128. The third kappa shape index (κ3) is 5.63. The molecule has 3 heterocycles. The molecule has 2 aromatic rings. The number of hydrogen-bond donors (Lipinski definition) is 1. The molecule has 5 nitrogen and oxygen atoms in total. The zero-order valence-electron chi connectivity index (χ0n) is 17.5. The van der Waals surface area contributed by atoms with E-state index >= 15 is 0 Å². The Morgan fingerprint density at radius 2 is 2.07 bits per heavy atom. The Balaban J connectivity index is 1.78. The highest BCUT2D eigenvalue weighted by molar-refractivity contribution is 7.88. The molecule has 0 unspecified atom stereocenters. The number of nitrogens with one attached hydrogen (secondary N) is 1. The van der Waals surface area contributed by atoms with Gasteiger partial charge in [-0.3, -0.25) is 9.88 Å². The maximum atomic E-state index is 13.4. The van der Waals surface area contributed by atoms with Crippen LogP contribution >= 0.6 is 11.3 Å². The first kappa shape index (κ1) is 22.3. The molecular weight excluding hydrogens is 409 g/mol. The van der Waals surface area contributed by atoms with Crippen molar-refractivity contribution < 1.29 is 12.8 Å². The predicted molar refractivity (Wildman–Crippen MR) is 116 cm³/mol. The summed E-state index contributed by atoms with van der Waals surface area (Å²) in [6, 6.07) is 7.46. The van der Waals surface area contributed by atoms with Gasteiger partial charge in [-0.05, 0) is 75.8 Å². The number of sulfonamides is 1. The number of rotatable bonds is 8. The highest BCUT2D eigenvalue weighted by Gasteiger charge is 2.43. The fourth-order valence-corrected chi connectivity index (χ4v) is 5.32. The van der Waals surface area contributed by atoms with Crippen molar-refractivity contribution in [1.29, 1.82) is 0 Å². The van der Waals surface area contributed by atoms with E-state index in [1.807, 2.05) is 25.3 Å². The first-order valence-corrected chi connectivity index (χ1v) is 12.6. The van der Waals surface area contributed by atoms with Crippen LogP contribution in [-0.2, 0) is 22.0 Å². The lowest BCUT2D eigenvalue weighted by atomic mass is 9.82. The third-order valence-corrected chi connectivity index (χ3v) is 7.69. The van der Waals surface area contributed by atoms with E-state index in [9.17, 15) is 12.8 Å². The molecule has 0 radical (unpaired) electrons. The van der Waals surface area contributed by atoms with Gasteiger partial charge in [0.1, 0.15) is 0 Å². The lowest BCUT2D eigenvalue weighted by Gasteiger charge is -2.38. The summed E-state index contributed by atoms with van der Waals surface area (Å²) in [7, 11) is -3.27. The van der Waals surface area contributed by atoms with Crippen LogP contribution in [0.5, 0.6) is 0 Å². The molecule has 1 aliphatic heterocycles. The SMILES string of the molecule is Cc1ccc(C(C)(C)N2CC[C@@](CCc3ccc(F)s3)(CNS(C)(=O)=O)C2)cn1. The average molecular weight is 440 g/mol. The number of aromatic nitrogens is 1. The van der Waals surface area contributed by atoms with E-state index in [1.54, 1.807) is 0 Å². The molecule has 1 atom stereocenters.